The van der Waals surface area contributed by atoms with Gasteiger partial charge >= 0.3 is 0 Å². The van der Waals surface area contributed by atoms with Gasteiger partial charge in [-0.25, -0.2) is 0 Å². The maximum Gasteiger partial charge on any atom is 0.157 e. The number of hydrogen-bond donors (Lipinski definition) is 1. The van der Waals surface area contributed by atoms with Crippen molar-refractivity contribution in [2.75, 3.05) is 0 Å². The van der Waals surface area contributed by atoms with Gasteiger partial charge in [-0.1, -0.05) is 5.16 Å². The van der Waals surface area contributed by atoms with E-state index >= 15 is 0 Å². The maximum absolute atomic E-state index is 7.73. The number of nitrogens with zero attached hydrogens (tertiary/aromatic N) is 2. The Bertz CT molecular complexity index is 99.9. The van der Waals surface area contributed by atoms with Gasteiger partial charge in [-0.2, -0.15) is 5.26 Å². The van der Waals surface area contributed by atoms with E-state index in [1.807, 2.05) is 0 Å². The first kappa shape index (κ1) is 4.96. The Labute approximate surface area is 35.5 Å². The van der Waals surface area contributed by atoms with Gasteiger partial charge in [0.2, 0.25) is 0 Å². The molecule has 1 radical (unpaired) electrons. The summed E-state index contributed by atoms with van der Waals surface area (Å²) in [7, 11) is 0. The van der Waals surface area contributed by atoms with Crippen molar-refractivity contribution < 1.29 is 5.21 Å². The van der Waals surface area contributed by atoms with Gasteiger partial charge in [-0.15, -0.1) is 0 Å². The van der Waals surface area contributed by atoms with Crippen molar-refractivity contribution >= 4 is 5.71 Å². The monoisotopic (exact) mass is 83.0 g/mol. The van der Waals surface area contributed by atoms with E-state index < -0.39 is 0 Å². The molecular weight excluding hydrogens is 80.0 g/mol. The molecule has 0 fully saturated rings. The Morgan fingerprint density at radius 2 is 2.50 bits per heavy atom. The molecule has 0 heterocycles. The molecule has 0 saturated carbocycles. The third-order valence-corrected chi connectivity index (χ3v) is 0.250. The molecule has 0 saturated heterocycles. The lowest BCUT2D eigenvalue weighted by atomic mass is 10.5. The van der Waals surface area contributed by atoms with Crippen molar-refractivity contribution in [3.8, 4) is 6.07 Å². The summed E-state index contributed by atoms with van der Waals surface area (Å²) in [5.41, 5.74) is -0.171. The zero-order valence-electron chi connectivity index (χ0n) is 3.05. The first-order valence-electron chi connectivity index (χ1n) is 1.25. The second-order valence-electron chi connectivity index (χ2n) is 0.658. The fraction of sp³-hybridized carbons (Fsp3) is 0. The zero-order valence-corrected chi connectivity index (χ0v) is 3.05. The van der Waals surface area contributed by atoms with Crippen LogP contribution in [0.15, 0.2) is 5.16 Å². The standard InChI is InChI=1S/C3H3N2O/c1-3(2-4)5-6/h6H,1H2/b5-3+. The van der Waals surface area contributed by atoms with Crippen LogP contribution in [0.2, 0.25) is 0 Å². The van der Waals surface area contributed by atoms with E-state index in [1.165, 1.54) is 6.07 Å². The predicted octanol–water partition coefficient (Wildman–Crippen LogP) is 0.174. The van der Waals surface area contributed by atoms with Crippen LogP contribution in [0.4, 0.5) is 0 Å². The number of nitriles is 1. The summed E-state index contributed by atoms with van der Waals surface area (Å²) in [6.07, 6.45) is 0. The molecular formula is C3H3N2O. The van der Waals surface area contributed by atoms with Gasteiger partial charge in [0.15, 0.2) is 5.71 Å². The van der Waals surface area contributed by atoms with Crippen LogP contribution in [-0.4, -0.2) is 10.9 Å². The van der Waals surface area contributed by atoms with Gasteiger partial charge < -0.3 is 5.21 Å². The summed E-state index contributed by atoms with van der Waals surface area (Å²) < 4.78 is 0. The molecule has 0 atom stereocenters. The predicted molar refractivity (Wildman–Crippen MR) is 20.2 cm³/mol. The molecule has 0 aliphatic carbocycles. The Morgan fingerprint density at radius 1 is 2.00 bits per heavy atom. The Balaban J connectivity index is 3.61. The Kier molecular flexibility index (Phi) is 1.83. The van der Waals surface area contributed by atoms with Crippen molar-refractivity contribution in [2.45, 2.75) is 0 Å². The van der Waals surface area contributed by atoms with Crippen LogP contribution in [0.3, 0.4) is 0 Å². The molecule has 31 valence electrons. The van der Waals surface area contributed by atoms with Gasteiger partial charge in [0, 0.05) is 6.92 Å². The average Bonchev–Trinajstić information content (AvgIpc) is 1.65. The molecule has 0 aliphatic rings. The highest BCUT2D eigenvalue weighted by molar-refractivity contribution is 6.01. The van der Waals surface area contributed by atoms with E-state index in [1.54, 1.807) is 0 Å². The van der Waals surface area contributed by atoms with Crippen LogP contribution in [0.5, 0.6) is 0 Å². The summed E-state index contributed by atoms with van der Waals surface area (Å²) in [5.74, 6) is 0. The van der Waals surface area contributed by atoms with E-state index in [9.17, 15) is 0 Å². The summed E-state index contributed by atoms with van der Waals surface area (Å²) >= 11 is 0. The van der Waals surface area contributed by atoms with Gasteiger partial charge in [0.1, 0.15) is 6.07 Å². The van der Waals surface area contributed by atoms with Gasteiger partial charge in [-0.05, 0) is 0 Å². The summed E-state index contributed by atoms with van der Waals surface area (Å²) in [6, 6.07) is 1.50. The van der Waals surface area contributed by atoms with Gasteiger partial charge in [0.05, 0.1) is 0 Å². The molecule has 0 spiro atoms. The molecule has 0 unspecified atom stereocenters. The van der Waals surface area contributed by atoms with Crippen LogP contribution in [-0.2, 0) is 0 Å². The van der Waals surface area contributed by atoms with E-state index in [0.717, 1.165) is 0 Å². The lowest BCUT2D eigenvalue weighted by Crippen LogP contribution is -1.80. The molecule has 0 bridgehead atoms. The summed E-state index contributed by atoms with van der Waals surface area (Å²) in [6.45, 7) is 3.01. The third kappa shape index (κ3) is 1.30. The summed E-state index contributed by atoms with van der Waals surface area (Å²) in [4.78, 5) is 0. The minimum Gasteiger partial charge on any atom is -0.410 e. The Hall–Kier alpha value is -1.04. The average molecular weight is 83.1 g/mol. The Morgan fingerprint density at radius 3 is 2.50 bits per heavy atom. The maximum atomic E-state index is 7.73. The molecule has 0 aliphatic heterocycles. The molecule has 0 rings (SSSR count). The van der Waals surface area contributed by atoms with Crippen molar-refractivity contribution in [1.82, 2.24) is 0 Å². The van der Waals surface area contributed by atoms with Crippen LogP contribution in [0, 0.1) is 18.3 Å². The largest absolute Gasteiger partial charge is 0.410 e. The highest BCUT2D eigenvalue weighted by Crippen LogP contribution is 1.63. The first-order valence-corrected chi connectivity index (χ1v) is 1.25. The van der Waals surface area contributed by atoms with Gasteiger partial charge in [0.25, 0.3) is 0 Å². The van der Waals surface area contributed by atoms with Crippen LogP contribution < -0.4 is 0 Å². The molecule has 3 nitrogen and oxygen atoms in total. The second-order valence-corrected chi connectivity index (χ2v) is 0.658. The van der Waals surface area contributed by atoms with Crippen molar-refractivity contribution in [2.24, 2.45) is 5.16 Å². The van der Waals surface area contributed by atoms with Crippen molar-refractivity contribution in [3.63, 3.8) is 0 Å². The number of rotatable bonds is 0. The second kappa shape index (κ2) is 2.21. The third-order valence-electron chi connectivity index (χ3n) is 0.250. The van der Waals surface area contributed by atoms with Crippen LogP contribution in [0.25, 0.3) is 0 Å². The van der Waals surface area contributed by atoms with E-state index in [4.69, 9.17) is 10.5 Å². The molecule has 1 N–H and O–H groups in total. The van der Waals surface area contributed by atoms with Crippen LogP contribution in [0.1, 0.15) is 0 Å². The first-order chi connectivity index (χ1) is 2.81. The lowest BCUT2D eigenvalue weighted by Gasteiger charge is -1.68. The van der Waals surface area contributed by atoms with E-state index in [2.05, 4.69) is 12.1 Å². The fourth-order valence-electron chi connectivity index (χ4n) is 0.0224. The highest BCUT2D eigenvalue weighted by Gasteiger charge is 1.77. The molecule has 0 aromatic heterocycles. The molecule has 3 heteroatoms. The van der Waals surface area contributed by atoms with E-state index in [-0.39, 0.29) is 5.71 Å². The SMILES string of the molecule is [CH2]/C(C#N)=N\O. The highest BCUT2D eigenvalue weighted by atomic mass is 16.4. The minimum absolute atomic E-state index is 0.171. The molecule has 0 aromatic rings. The van der Waals surface area contributed by atoms with Crippen LogP contribution >= 0.6 is 0 Å². The van der Waals surface area contributed by atoms with Crippen molar-refractivity contribution in [3.05, 3.63) is 6.92 Å². The molecule has 0 amide bonds. The molecule has 6 heavy (non-hydrogen) atoms. The summed E-state index contributed by atoms with van der Waals surface area (Å²) in [5, 5.41) is 17.8. The number of hydrogen-bond acceptors (Lipinski definition) is 3. The van der Waals surface area contributed by atoms with Gasteiger partial charge in [-0.3, -0.25) is 0 Å². The topological polar surface area (TPSA) is 56.4 Å². The van der Waals surface area contributed by atoms with E-state index in [0.29, 0.717) is 0 Å². The normalized spacial score (nSPS) is 10.3. The molecule has 0 aromatic carbocycles. The smallest absolute Gasteiger partial charge is 0.157 e. The van der Waals surface area contributed by atoms with Crippen molar-refractivity contribution in [1.29, 1.82) is 5.26 Å². The zero-order chi connectivity index (χ0) is 4.99. The number of oxime groups is 1. The fourth-order valence-corrected chi connectivity index (χ4v) is 0.0224. The quantitative estimate of drug-likeness (QED) is 0.258. The lowest BCUT2D eigenvalue weighted by molar-refractivity contribution is 0.320. The minimum atomic E-state index is -0.171.